The van der Waals surface area contributed by atoms with E-state index in [0.29, 0.717) is 12.6 Å². The van der Waals surface area contributed by atoms with Gasteiger partial charge in [0.15, 0.2) is 5.96 Å². The van der Waals surface area contributed by atoms with Crippen molar-refractivity contribution in [2.45, 2.75) is 39.7 Å². The van der Waals surface area contributed by atoms with Gasteiger partial charge in [-0.1, -0.05) is 26.0 Å². The molecule has 0 saturated carbocycles. The summed E-state index contributed by atoms with van der Waals surface area (Å²) in [5.74, 6) is 2.00. The highest BCUT2D eigenvalue weighted by Crippen LogP contribution is 2.15. The molecule has 1 fully saturated rings. The molecule has 1 aromatic rings. The number of guanidine groups is 1. The van der Waals surface area contributed by atoms with E-state index in [2.05, 4.69) is 35.5 Å². The summed E-state index contributed by atoms with van der Waals surface area (Å²) in [6, 6.07) is 4.57. The van der Waals surface area contributed by atoms with Gasteiger partial charge in [-0.3, -0.25) is 4.90 Å². The molecule has 1 atom stereocenters. The second-order valence-electron chi connectivity index (χ2n) is 6.46. The van der Waals surface area contributed by atoms with Crippen molar-refractivity contribution >= 4 is 29.9 Å². The number of aliphatic imine (C=N–C) groups is 1. The molecule has 1 aromatic heterocycles. The Morgan fingerprint density at radius 2 is 2.20 bits per heavy atom. The van der Waals surface area contributed by atoms with Crippen LogP contribution in [-0.4, -0.2) is 61.1 Å². The van der Waals surface area contributed by atoms with Gasteiger partial charge in [0, 0.05) is 32.1 Å². The largest absolute Gasteiger partial charge is 0.469 e. The molecule has 0 bridgehead atoms. The molecule has 1 unspecified atom stereocenters. The molecule has 1 N–H and O–H groups in total. The fourth-order valence-electron chi connectivity index (χ4n) is 3.20. The summed E-state index contributed by atoms with van der Waals surface area (Å²) in [5, 5.41) is 3.51. The molecular weight excluding hydrogens is 427 g/mol. The number of likely N-dealkylation sites (N-methyl/N-ethyl adjacent to an activating group) is 1. The van der Waals surface area contributed by atoms with Gasteiger partial charge >= 0.3 is 0 Å². The molecule has 1 aliphatic heterocycles. The molecule has 5 nitrogen and oxygen atoms in total. The summed E-state index contributed by atoms with van der Waals surface area (Å²) in [7, 11) is 0. The normalized spacial score (nSPS) is 17.7. The topological polar surface area (TPSA) is 44.0 Å². The van der Waals surface area contributed by atoms with Crippen molar-refractivity contribution in [1.29, 1.82) is 0 Å². The zero-order valence-corrected chi connectivity index (χ0v) is 18.2. The van der Waals surface area contributed by atoms with E-state index in [1.165, 1.54) is 6.42 Å². The van der Waals surface area contributed by atoms with Crippen LogP contribution in [0.2, 0.25) is 0 Å². The number of rotatable bonds is 8. The lowest BCUT2D eigenvalue weighted by molar-refractivity contribution is 0.223. The van der Waals surface area contributed by atoms with E-state index in [0.717, 1.165) is 56.4 Å². The van der Waals surface area contributed by atoms with Gasteiger partial charge in [-0.05, 0) is 38.6 Å². The van der Waals surface area contributed by atoms with Crippen molar-refractivity contribution < 1.29 is 4.42 Å². The molecule has 1 aliphatic rings. The minimum absolute atomic E-state index is 0. The summed E-state index contributed by atoms with van der Waals surface area (Å²) >= 11 is 0. The molecule has 2 rings (SSSR count). The van der Waals surface area contributed by atoms with Crippen LogP contribution < -0.4 is 5.32 Å². The van der Waals surface area contributed by atoms with Gasteiger partial charge in [-0.25, -0.2) is 4.99 Å². The third-order valence-electron chi connectivity index (χ3n) is 4.53. The Morgan fingerprint density at radius 3 is 2.80 bits per heavy atom. The van der Waals surface area contributed by atoms with E-state index < -0.39 is 0 Å². The summed E-state index contributed by atoms with van der Waals surface area (Å²) in [6.45, 7) is 16.3. The number of furan rings is 1. The number of halogens is 1. The van der Waals surface area contributed by atoms with Crippen molar-refractivity contribution in [2.24, 2.45) is 4.99 Å². The highest BCUT2D eigenvalue weighted by atomic mass is 127. The maximum absolute atomic E-state index is 5.40. The number of hydrogen-bond donors (Lipinski definition) is 1. The van der Waals surface area contributed by atoms with E-state index in [4.69, 9.17) is 9.41 Å². The van der Waals surface area contributed by atoms with Gasteiger partial charge in [0.1, 0.15) is 5.76 Å². The highest BCUT2D eigenvalue weighted by molar-refractivity contribution is 14.0. The Kier molecular flexibility index (Phi) is 10.2. The van der Waals surface area contributed by atoms with E-state index in [-0.39, 0.29) is 24.0 Å². The van der Waals surface area contributed by atoms with Gasteiger partial charge in [-0.2, -0.15) is 0 Å². The average Bonchev–Trinajstić information content (AvgIpc) is 3.23. The van der Waals surface area contributed by atoms with Crippen LogP contribution >= 0.6 is 24.0 Å². The van der Waals surface area contributed by atoms with Crippen molar-refractivity contribution in [3.63, 3.8) is 0 Å². The van der Waals surface area contributed by atoms with Crippen LogP contribution in [0.25, 0.3) is 0 Å². The SMILES string of the molecule is C=C(C)CN=C(NCCc1ccco1)N1CCC(N(CC)CC)C1.I. The molecule has 0 radical (unpaired) electrons. The first-order valence-corrected chi connectivity index (χ1v) is 9.08. The van der Waals surface area contributed by atoms with Crippen molar-refractivity contribution in [3.8, 4) is 0 Å². The monoisotopic (exact) mass is 460 g/mol. The lowest BCUT2D eigenvalue weighted by atomic mass is 10.2. The highest BCUT2D eigenvalue weighted by Gasteiger charge is 2.28. The molecule has 0 spiro atoms. The van der Waals surface area contributed by atoms with Crippen molar-refractivity contribution in [3.05, 3.63) is 36.3 Å². The van der Waals surface area contributed by atoms with Crippen LogP contribution in [0, 0.1) is 0 Å². The molecule has 142 valence electrons. The van der Waals surface area contributed by atoms with E-state index in [9.17, 15) is 0 Å². The van der Waals surface area contributed by atoms with Gasteiger partial charge in [0.2, 0.25) is 0 Å². The van der Waals surface area contributed by atoms with Crippen LogP contribution in [0.4, 0.5) is 0 Å². The van der Waals surface area contributed by atoms with E-state index in [1.807, 2.05) is 19.1 Å². The van der Waals surface area contributed by atoms with Crippen molar-refractivity contribution in [1.82, 2.24) is 15.1 Å². The minimum Gasteiger partial charge on any atom is -0.469 e. The van der Waals surface area contributed by atoms with Crippen LogP contribution in [0.15, 0.2) is 40.0 Å². The second-order valence-corrected chi connectivity index (χ2v) is 6.46. The lowest BCUT2D eigenvalue weighted by Gasteiger charge is -2.27. The number of nitrogens with zero attached hydrogens (tertiary/aromatic N) is 3. The fourth-order valence-corrected chi connectivity index (χ4v) is 3.20. The maximum atomic E-state index is 5.40. The Bertz CT molecular complexity index is 526. The Labute approximate surface area is 169 Å². The Morgan fingerprint density at radius 1 is 1.44 bits per heavy atom. The number of nitrogens with one attached hydrogen (secondary N) is 1. The number of likely N-dealkylation sites (tertiary alicyclic amines) is 1. The smallest absolute Gasteiger partial charge is 0.194 e. The maximum Gasteiger partial charge on any atom is 0.194 e. The van der Waals surface area contributed by atoms with E-state index >= 15 is 0 Å². The lowest BCUT2D eigenvalue weighted by Crippen LogP contribution is -2.44. The zero-order chi connectivity index (χ0) is 17.4. The average molecular weight is 460 g/mol. The van der Waals surface area contributed by atoms with Crippen LogP contribution in [0.3, 0.4) is 0 Å². The van der Waals surface area contributed by atoms with Gasteiger partial charge in [0.05, 0.1) is 12.8 Å². The first kappa shape index (κ1) is 22.0. The molecular formula is C19H33IN4O. The molecule has 6 heteroatoms. The molecule has 0 aromatic carbocycles. The van der Waals surface area contributed by atoms with E-state index in [1.54, 1.807) is 6.26 Å². The van der Waals surface area contributed by atoms with Gasteiger partial charge < -0.3 is 14.6 Å². The van der Waals surface area contributed by atoms with Gasteiger partial charge in [-0.15, -0.1) is 24.0 Å². The summed E-state index contributed by atoms with van der Waals surface area (Å²) < 4.78 is 5.40. The summed E-state index contributed by atoms with van der Waals surface area (Å²) in [4.78, 5) is 9.68. The van der Waals surface area contributed by atoms with Gasteiger partial charge in [0.25, 0.3) is 0 Å². The quantitative estimate of drug-likeness (QED) is 0.280. The Balaban J connectivity index is 0.00000312. The molecule has 0 amide bonds. The molecule has 25 heavy (non-hydrogen) atoms. The third-order valence-corrected chi connectivity index (χ3v) is 4.53. The Hall–Kier alpha value is -1.02. The van der Waals surface area contributed by atoms with Crippen LogP contribution in [0.1, 0.15) is 33.0 Å². The molecule has 1 saturated heterocycles. The predicted octanol–water partition coefficient (Wildman–Crippen LogP) is 3.38. The fraction of sp³-hybridized carbons (Fsp3) is 0.632. The third kappa shape index (κ3) is 7.01. The minimum atomic E-state index is 0. The summed E-state index contributed by atoms with van der Waals surface area (Å²) in [5.41, 5.74) is 1.08. The molecule has 0 aliphatic carbocycles. The first-order valence-electron chi connectivity index (χ1n) is 9.08. The predicted molar refractivity (Wildman–Crippen MR) is 116 cm³/mol. The van der Waals surface area contributed by atoms with Crippen LogP contribution in [-0.2, 0) is 6.42 Å². The zero-order valence-electron chi connectivity index (χ0n) is 15.8. The van der Waals surface area contributed by atoms with Crippen molar-refractivity contribution in [2.75, 3.05) is 39.3 Å². The summed E-state index contributed by atoms with van der Waals surface area (Å²) in [6.07, 6.45) is 3.79. The first-order chi connectivity index (χ1) is 11.6. The van der Waals surface area contributed by atoms with Crippen LogP contribution in [0.5, 0.6) is 0 Å². The standard InChI is InChI=1S/C19H32N4O.HI/c1-5-22(6-2)17-10-12-23(15-17)19(21-14-16(3)4)20-11-9-18-8-7-13-24-18;/h7-8,13,17H,3,5-6,9-12,14-15H2,1-2,4H3,(H,20,21);1H. The number of hydrogen-bond acceptors (Lipinski definition) is 3. The molecule has 2 heterocycles. The second kappa shape index (κ2) is 11.6.